The normalized spacial score (nSPS) is 15.7. The minimum absolute atomic E-state index is 0.0163. The first-order valence-electron chi connectivity index (χ1n) is 7.81. The zero-order valence-electron chi connectivity index (χ0n) is 13.9. The third kappa shape index (κ3) is 2.55. The predicted octanol–water partition coefficient (Wildman–Crippen LogP) is -0.782. The summed E-state index contributed by atoms with van der Waals surface area (Å²) in [4.78, 5) is 51.7. The Kier molecular flexibility index (Phi) is 4.03. The van der Waals surface area contributed by atoms with Crippen LogP contribution in [0.1, 0.15) is 23.7 Å². The van der Waals surface area contributed by atoms with Gasteiger partial charge in [0, 0.05) is 19.3 Å². The molecule has 0 saturated heterocycles. The van der Waals surface area contributed by atoms with Gasteiger partial charge >= 0.3 is 5.69 Å². The molecule has 0 bridgehead atoms. The van der Waals surface area contributed by atoms with Gasteiger partial charge in [-0.05, 0) is 12.5 Å². The number of rotatable bonds is 3. The number of amides is 2. The van der Waals surface area contributed by atoms with Gasteiger partial charge in [-0.15, -0.1) is 0 Å². The van der Waals surface area contributed by atoms with Crippen molar-refractivity contribution in [3.8, 4) is 0 Å². The Morgan fingerprint density at radius 3 is 2.52 bits per heavy atom. The van der Waals surface area contributed by atoms with Crippen LogP contribution in [0.25, 0.3) is 0 Å². The van der Waals surface area contributed by atoms with Crippen molar-refractivity contribution in [2.45, 2.75) is 25.4 Å². The van der Waals surface area contributed by atoms with E-state index in [1.54, 1.807) is 37.3 Å². The van der Waals surface area contributed by atoms with Crippen LogP contribution in [0.4, 0.5) is 0 Å². The van der Waals surface area contributed by atoms with Crippen molar-refractivity contribution in [1.29, 1.82) is 0 Å². The first-order valence-corrected chi connectivity index (χ1v) is 7.81. The van der Waals surface area contributed by atoms with Gasteiger partial charge in [0.25, 0.3) is 11.5 Å². The van der Waals surface area contributed by atoms with Crippen LogP contribution < -0.4 is 21.9 Å². The van der Waals surface area contributed by atoms with Crippen LogP contribution in [0, 0.1) is 0 Å². The van der Waals surface area contributed by atoms with Gasteiger partial charge in [-0.25, -0.2) is 4.79 Å². The molecule has 1 unspecified atom stereocenters. The van der Waals surface area contributed by atoms with E-state index in [4.69, 9.17) is 0 Å². The lowest BCUT2D eigenvalue weighted by molar-refractivity contribution is -0.127. The van der Waals surface area contributed by atoms with Crippen LogP contribution in [0.5, 0.6) is 0 Å². The smallest absolute Gasteiger partial charge is 0.329 e. The number of H-pyrrole nitrogens is 1. The van der Waals surface area contributed by atoms with Crippen molar-refractivity contribution in [3.63, 3.8) is 0 Å². The molecule has 2 heterocycles. The summed E-state index contributed by atoms with van der Waals surface area (Å²) in [5.74, 6) is -0.736. The van der Waals surface area contributed by atoms with Crippen molar-refractivity contribution in [1.82, 2.24) is 20.2 Å². The van der Waals surface area contributed by atoms with E-state index in [0.717, 1.165) is 0 Å². The van der Waals surface area contributed by atoms with Crippen LogP contribution in [-0.2, 0) is 28.1 Å². The van der Waals surface area contributed by atoms with Gasteiger partial charge in [0.05, 0.1) is 12.0 Å². The molecule has 2 amide bonds. The minimum atomic E-state index is -1.42. The number of hydrogen-bond donors (Lipinski definition) is 3. The molecule has 0 fully saturated rings. The van der Waals surface area contributed by atoms with E-state index in [9.17, 15) is 19.2 Å². The predicted molar refractivity (Wildman–Crippen MR) is 90.1 cm³/mol. The molecule has 0 radical (unpaired) electrons. The fraction of sp³-hybridized carbons (Fsp3) is 0.294. The zero-order valence-corrected chi connectivity index (χ0v) is 13.9. The maximum absolute atomic E-state index is 12.8. The summed E-state index contributed by atoms with van der Waals surface area (Å²) in [6.07, 6.45) is -0.145. The molecule has 3 N–H and O–H groups in total. The van der Waals surface area contributed by atoms with E-state index in [1.807, 2.05) is 0 Å². The van der Waals surface area contributed by atoms with Crippen LogP contribution >= 0.6 is 0 Å². The average Bonchev–Trinajstić information content (AvgIpc) is 2.61. The maximum Gasteiger partial charge on any atom is 0.329 e. The molecular formula is C17H18N4O4. The van der Waals surface area contributed by atoms with Crippen molar-refractivity contribution >= 4 is 11.8 Å². The fourth-order valence-corrected chi connectivity index (χ4v) is 3.23. The van der Waals surface area contributed by atoms with E-state index in [-0.39, 0.29) is 30.1 Å². The number of aromatic nitrogens is 2. The Morgan fingerprint density at radius 1 is 1.20 bits per heavy atom. The van der Waals surface area contributed by atoms with Gasteiger partial charge in [-0.3, -0.25) is 23.9 Å². The highest BCUT2D eigenvalue weighted by Gasteiger charge is 2.41. The van der Waals surface area contributed by atoms with Gasteiger partial charge in [0.1, 0.15) is 0 Å². The lowest BCUT2D eigenvalue weighted by atomic mass is 9.89. The summed E-state index contributed by atoms with van der Waals surface area (Å²) < 4.78 is 1.22. The molecule has 2 aromatic rings. The van der Waals surface area contributed by atoms with Crippen molar-refractivity contribution in [2.24, 2.45) is 0 Å². The Balaban J connectivity index is 2.39. The highest BCUT2D eigenvalue weighted by Crippen LogP contribution is 2.27. The molecule has 1 atom stereocenters. The molecule has 8 nitrogen and oxygen atoms in total. The molecule has 0 spiro atoms. The van der Waals surface area contributed by atoms with Crippen LogP contribution in [0.3, 0.4) is 0 Å². The summed E-state index contributed by atoms with van der Waals surface area (Å²) in [6, 6.07) is 8.76. The molecule has 0 saturated carbocycles. The van der Waals surface area contributed by atoms with E-state index >= 15 is 0 Å². The van der Waals surface area contributed by atoms with Crippen LogP contribution in [-0.4, -0.2) is 28.4 Å². The number of aromatic amines is 1. The Morgan fingerprint density at radius 2 is 1.88 bits per heavy atom. The number of hydrogen-bond acceptors (Lipinski definition) is 4. The van der Waals surface area contributed by atoms with E-state index in [2.05, 4.69) is 15.6 Å². The fourth-order valence-electron chi connectivity index (χ4n) is 3.23. The molecule has 1 aromatic heterocycles. The summed E-state index contributed by atoms with van der Waals surface area (Å²) in [5, 5.41) is 5.16. The molecule has 0 aliphatic carbocycles. The van der Waals surface area contributed by atoms with Gasteiger partial charge in [0.2, 0.25) is 5.91 Å². The summed E-state index contributed by atoms with van der Waals surface area (Å²) >= 11 is 0. The number of nitrogens with zero attached hydrogens (tertiary/aromatic N) is 1. The highest BCUT2D eigenvalue weighted by molar-refractivity contribution is 5.88. The first-order chi connectivity index (χ1) is 11.9. The third-order valence-electron chi connectivity index (χ3n) is 4.56. The number of nitrogens with one attached hydrogen (secondary N) is 3. The second kappa shape index (κ2) is 6.04. The minimum Gasteiger partial charge on any atom is -0.357 e. The molecule has 25 heavy (non-hydrogen) atoms. The lowest BCUT2D eigenvalue weighted by Gasteiger charge is -2.34. The zero-order chi connectivity index (χ0) is 18.2. The monoisotopic (exact) mass is 342 g/mol. The van der Waals surface area contributed by atoms with Gasteiger partial charge in [-0.1, -0.05) is 30.3 Å². The van der Waals surface area contributed by atoms with Crippen molar-refractivity contribution in [3.05, 3.63) is 68.0 Å². The summed E-state index contributed by atoms with van der Waals surface area (Å²) in [7, 11) is 1.47. The highest BCUT2D eigenvalue weighted by atomic mass is 16.2. The largest absolute Gasteiger partial charge is 0.357 e. The SMILES string of the molecule is CNC(=O)C(C)(c1ccccc1)n1c2c(c(=O)[nH]c1=O)CNC(=O)C2. The third-order valence-corrected chi connectivity index (χ3v) is 4.56. The second-order valence-electron chi connectivity index (χ2n) is 5.99. The Hall–Kier alpha value is -3.16. The molecule has 1 aliphatic heterocycles. The summed E-state index contributed by atoms with van der Waals surface area (Å²) in [5.41, 5.74) is -1.59. The molecule has 1 aromatic carbocycles. The number of benzene rings is 1. The maximum atomic E-state index is 12.8. The number of carbonyl (C=O) groups is 2. The molecule has 1 aliphatic rings. The van der Waals surface area contributed by atoms with E-state index in [0.29, 0.717) is 5.56 Å². The first kappa shape index (κ1) is 16.7. The second-order valence-corrected chi connectivity index (χ2v) is 5.99. The van der Waals surface area contributed by atoms with Crippen LogP contribution in [0.15, 0.2) is 39.9 Å². The van der Waals surface area contributed by atoms with E-state index in [1.165, 1.54) is 11.6 Å². The number of fused-ring (bicyclic) bond motifs is 1. The van der Waals surface area contributed by atoms with Gasteiger partial charge in [0.15, 0.2) is 5.54 Å². The lowest BCUT2D eigenvalue weighted by Crippen LogP contribution is -2.55. The molecule has 8 heteroatoms. The topological polar surface area (TPSA) is 113 Å². The molecule has 3 rings (SSSR count). The number of likely N-dealkylation sites (N-methyl/N-ethyl adjacent to an activating group) is 1. The van der Waals surface area contributed by atoms with Crippen molar-refractivity contribution in [2.75, 3.05) is 7.05 Å². The van der Waals surface area contributed by atoms with Gasteiger partial charge < -0.3 is 10.6 Å². The Bertz CT molecular complexity index is 961. The van der Waals surface area contributed by atoms with E-state index < -0.39 is 22.7 Å². The standard InChI is InChI=1S/C17H18N4O4/c1-17(15(24)18-2,10-6-4-3-5-7-10)21-12-8-13(22)19-9-11(12)14(23)20-16(21)25/h3-7H,8-9H2,1-2H3,(H,18,24)(H,19,22)(H,20,23,25). The summed E-state index contributed by atoms with van der Waals surface area (Å²) in [6.45, 7) is 1.61. The average molecular weight is 342 g/mol. The van der Waals surface area contributed by atoms with Gasteiger partial charge in [-0.2, -0.15) is 0 Å². The molecule has 130 valence electrons. The van der Waals surface area contributed by atoms with Crippen LogP contribution in [0.2, 0.25) is 0 Å². The Labute approximate surface area is 142 Å². The van der Waals surface area contributed by atoms with Crippen molar-refractivity contribution < 1.29 is 9.59 Å². The quantitative estimate of drug-likeness (QED) is 0.679. The number of carbonyl (C=O) groups excluding carboxylic acids is 2. The molecular weight excluding hydrogens is 324 g/mol.